The molecule has 0 aliphatic heterocycles. The molecule has 3 rings (SSSR count). The number of benzene rings is 1. The SMILES string of the molecule is COC1CC(Oc2ccc(-c3cc(F)c(N)cc3Cl)cn2)C1. The van der Waals surface area contributed by atoms with Crippen molar-refractivity contribution in [2.75, 3.05) is 12.8 Å². The number of rotatable bonds is 4. The molecule has 0 bridgehead atoms. The van der Waals surface area contributed by atoms with E-state index in [2.05, 4.69) is 4.98 Å². The van der Waals surface area contributed by atoms with Crippen LogP contribution in [-0.2, 0) is 4.74 Å². The van der Waals surface area contributed by atoms with Gasteiger partial charge in [0.25, 0.3) is 0 Å². The number of halogens is 2. The van der Waals surface area contributed by atoms with E-state index in [-0.39, 0.29) is 17.9 Å². The predicted molar refractivity (Wildman–Crippen MR) is 83.5 cm³/mol. The molecule has 2 aromatic rings. The fourth-order valence-electron chi connectivity index (χ4n) is 2.37. The van der Waals surface area contributed by atoms with E-state index < -0.39 is 5.82 Å². The zero-order chi connectivity index (χ0) is 15.7. The minimum absolute atomic E-state index is 0.0272. The Morgan fingerprint density at radius 3 is 2.68 bits per heavy atom. The summed E-state index contributed by atoms with van der Waals surface area (Å²) in [6.07, 6.45) is 3.77. The summed E-state index contributed by atoms with van der Waals surface area (Å²) in [4.78, 5) is 4.25. The maximum absolute atomic E-state index is 13.6. The number of hydrogen-bond donors (Lipinski definition) is 1. The van der Waals surface area contributed by atoms with Crippen molar-refractivity contribution in [3.05, 3.63) is 41.3 Å². The van der Waals surface area contributed by atoms with Crippen LogP contribution in [0.25, 0.3) is 11.1 Å². The van der Waals surface area contributed by atoms with E-state index >= 15 is 0 Å². The summed E-state index contributed by atoms with van der Waals surface area (Å²) in [6.45, 7) is 0. The summed E-state index contributed by atoms with van der Waals surface area (Å²) in [5.74, 6) is 0.0372. The van der Waals surface area contributed by atoms with Crippen LogP contribution in [0.1, 0.15) is 12.8 Å². The normalized spacial score (nSPS) is 20.5. The molecule has 1 saturated carbocycles. The molecule has 1 aliphatic rings. The Bertz CT molecular complexity index is 673. The number of hydrogen-bond acceptors (Lipinski definition) is 4. The van der Waals surface area contributed by atoms with Gasteiger partial charge in [-0.2, -0.15) is 0 Å². The molecule has 116 valence electrons. The third kappa shape index (κ3) is 3.00. The average molecular weight is 323 g/mol. The van der Waals surface area contributed by atoms with Gasteiger partial charge in [-0.1, -0.05) is 11.6 Å². The minimum Gasteiger partial charge on any atom is -0.474 e. The van der Waals surface area contributed by atoms with E-state index in [1.807, 2.05) is 0 Å². The van der Waals surface area contributed by atoms with Crippen molar-refractivity contribution in [3.63, 3.8) is 0 Å². The van der Waals surface area contributed by atoms with Crippen molar-refractivity contribution < 1.29 is 13.9 Å². The summed E-state index contributed by atoms with van der Waals surface area (Å²) in [5.41, 5.74) is 6.77. The van der Waals surface area contributed by atoms with Crippen LogP contribution >= 0.6 is 11.6 Å². The third-order valence-corrected chi connectivity index (χ3v) is 4.12. The number of pyridine rings is 1. The lowest BCUT2D eigenvalue weighted by molar-refractivity contribution is -0.0396. The molecule has 1 aromatic heterocycles. The summed E-state index contributed by atoms with van der Waals surface area (Å²) in [7, 11) is 1.70. The van der Waals surface area contributed by atoms with Gasteiger partial charge in [-0.05, 0) is 18.2 Å². The zero-order valence-corrected chi connectivity index (χ0v) is 12.8. The number of nitrogens with two attached hydrogens (primary N) is 1. The molecule has 0 amide bonds. The van der Waals surface area contributed by atoms with Gasteiger partial charge in [0, 0.05) is 43.3 Å². The molecule has 6 heteroatoms. The first kappa shape index (κ1) is 15.1. The van der Waals surface area contributed by atoms with Crippen LogP contribution in [0.15, 0.2) is 30.5 Å². The van der Waals surface area contributed by atoms with Gasteiger partial charge in [-0.15, -0.1) is 0 Å². The number of nitrogen functional groups attached to an aromatic ring is 1. The number of nitrogens with zero attached hydrogens (tertiary/aromatic N) is 1. The van der Waals surface area contributed by atoms with Crippen molar-refractivity contribution in [1.82, 2.24) is 4.98 Å². The van der Waals surface area contributed by atoms with Crippen molar-refractivity contribution in [2.24, 2.45) is 0 Å². The lowest BCUT2D eigenvalue weighted by atomic mass is 9.92. The summed E-state index contributed by atoms with van der Waals surface area (Å²) < 4.78 is 24.5. The number of anilines is 1. The van der Waals surface area contributed by atoms with Gasteiger partial charge in [0.2, 0.25) is 5.88 Å². The number of ether oxygens (including phenoxy) is 2. The molecule has 1 heterocycles. The topological polar surface area (TPSA) is 57.4 Å². The first-order chi connectivity index (χ1) is 10.6. The molecule has 1 fully saturated rings. The molecular weight excluding hydrogens is 307 g/mol. The minimum atomic E-state index is -0.500. The fraction of sp³-hybridized carbons (Fsp3) is 0.312. The Hall–Kier alpha value is -1.85. The van der Waals surface area contributed by atoms with E-state index in [9.17, 15) is 4.39 Å². The molecule has 2 N–H and O–H groups in total. The Kier molecular flexibility index (Phi) is 4.18. The van der Waals surface area contributed by atoms with Gasteiger partial charge in [-0.3, -0.25) is 0 Å². The molecule has 1 aromatic carbocycles. The van der Waals surface area contributed by atoms with Crippen LogP contribution in [0, 0.1) is 5.82 Å². The second-order valence-electron chi connectivity index (χ2n) is 5.31. The summed E-state index contributed by atoms with van der Waals surface area (Å²) >= 11 is 6.10. The molecule has 22 heavy (non-hydrogen) atoms. The first-order valence-corrected chi connectivity index (χ1v) is 7.35. The third-order valence-electron chi connectivity index (χ3n) is 3.81. The first-order valence-electron chi connectivity index (χ1n) is 6.97. The second kappa shape index (κ2) is 6.10. The maximum Gasteiger partial charge on any atom is 0.213 e. The van der Waals surface area contributed by atoms with Gasteiger partial charge in [0.15, 0.2) is 0 Å². The molecule has 4 nitrogen and oxygen atoms in total. The Labute approximate surface area is 133 Å². The van der Waals surface area contributed by atoms with Crippen LogP contribution in [0.3, 0.4) is 0 Å². The smallest absolute Gasteiger partial charge is 0.213 e. The lowest BCUT2D eigenvalue weighted by Gasteiger charge is -2.33. The van der Waals surface area contributed by atoms with Gasteiger partial charge in [0.05, 0.1) is 16.8 Å². The van der Waals surface area contributed by atoms with Crippen LogP contribution in [0.4, 0.5) is 10.1 Å². The maximum atomic E-state index is 13.6. The number of aromatic nitrogens is 1. The van der Waals surface area contributed by atoms with Crippen LogP contribution < -0.4 is 10.5 Å². The second-order valence-corrected chi connectivity index (χ2v) is 5.71. The van der Waals surface area contributed by atoms with Gasteiger partial charge in [0.1, 0.15) is 11.9 Å². The quantitative estimate of drug-likeness (QED) is 0.872. The van der Waals surface area contributed by atoms with E-state index in [1.165, 1.54) is 12.1 Å². The fourth-order valence-corrected chi connectivity index (χ4v) is 2.65. The van der Waals surface area contributed by atoms with E-state index in [0.29, 0.717) is 22.0 Å². The highest BCUT2D eigenvalue weighted by Crippen LogP contribution is 2.32. The molecule has 0 unspecified atom stereocenters. The monoisotopic (exact) mass is 322 g/mol. The highest BCUT2D eigenvalue weighted by Gasteiger charge is 2.31. The van der Waals surface area contributed by atoms with Crippen LogP contribution in [0.2, 0.25) is 5.02 Å². The average Bonchev–Trinajstić information content (AvgIpc) is 2.47. The van der Waals surface area contributed by atoms with Crippen LogP contribution in [-0.4, -0.2) is 24.3 Å². The summed E-state index contributed by atoms with van der Waals surface area (Å²) in [6, 6.07) is 6.26. The van der Waals surface area contributed by atoms with Gasteiger partial charge >= 0.3 is 0 Å². The van der Waals surface area contributed by atoms with E-state index in [0.717, 1.165) is 12.8 Å². The Morgan fingerprint density at radius 2 is 2.05 bits per heavy atom. The molecule has 0 spiro atoms. The van der Waals surface area contributed by atoms with Crippen molar-refractivity contribution >= 4 is 17.3 Å². The van der Waals surface area contributed by atoms with Crippen molar-refractivity contribution in [2.45, 2.75) is 25.0 Å². The zero-order valence-electron chi connectivity index (χ0n) is 12.1. The van der Waals surface area contributed by atoms with Gasteiger partial charge < -0.3 is 15.2 Å². The highest BCUT2D eigenvalue weighted by molar-refractivity contribution is 6.33. The van der Waals surface area contributed by atoms with E-state index in [1.54, 1.807) is 25.4 Å². The van der Waals surface area contributed by atoms with Crippen molar-refractivity contribution in [1.29, 1.82) is 0 Å². The van der Waals surface area contributed by atoms with Crippen LogP contribution in [0.5, 0.6) is 5.88 Å². The van der Waals surface area contributed by atoms with Gasteiger partial charge in [-0.25, -0.2) is 9.37 Å². The standard InChI is InChI=1S/C16H16ClFN2O2/c1-21-10-4-11(5-10)22-16-3-2-9(8-20-16)12-6-14(18)15(19)7-13(12)17/h2-3,6-8,10-11H,4-5,19H2,1H3. The highest BCUT2D eigenvalue weighted by atomic mass is 35.5. The summed E-state index contributed by atoms with van der Waals surface area (Å²) in [5, 5.41) is 0.385. The van der Waals surface area contributed by atoms with Crippen molar-refractivity contribution in [3.8, 4) is 17.0 Å². The Balaban J connectivity index is 1.73. The molecule has 0 radical (unpaired) electrons. The lowest BCUT2D eigenvalue weighted by Crippen LogP contribution is -2.38. The molecule has 0 saturated heterocycles. The molecule has 0 atom stereocenters. The number of methoxy groups -OCH3 is 1. The largest absolute Gasteiger partial charge is 0.474 e. The molecule has 1 aliphatic carbocycles. The molecular formula is C16H16ClFN2O2. The predicted octanol–water partition coefficient (Wildman–Crippen LogP) is 3.68. The Morgan fingerprint density at radius 1 is 1.27 bits per heavy atom. The van der Waals surface area contributed by atoms with E-state index in [4.69, 9.17) is 26.8 Å².